The lowest BCUT2D eigenvalue weighted by Crippen LogP contribution is -2.37. The molecule has 0 saturated carbocycles. The summed E-state index contributed by atoms with van der Waals surface area (Å²) in [6.07, 6.45) is 119. The summed E-state index contributed by atoms with van der Waals surface area (Å²) < 4.78 is 34.4. The van der Waals surface area contributed by atoms with Crippen molar-refractivity contribution in [3.05, 3.63) is 207 Å². The number of carbonyl (C=O) groups is 2. The van der Waals surface area contributed by atoms with Crippen molar-refractivity contribution in [3.8, 4) is 0 Å². The second-order valence-electron chi connectivity index (χ2n) is 26.3. The van der Waals surface area contributed by atoms with E-state index in [0.717, 1.165) is 161 Å². The van der Waals surface area contributed by atoms with Crippen molar-refractivity contribution in [2.75, 3.05) is 47.5 Å². The maximum atomic E-state index is 12.9. The summed E-state index contributed by atoms with van der Waals surface area (Å²) in [5.74, 6) is -0.853. The molecule has 0 rings (SSSR count). The Balaban J connectivity index is 4.11. The minimum atomic E-state index is -4.66. The molecule has 0 spiro atoms. The summed E-state index contributed by atoms with van der Waals surface area (Å²) in [7, 11) is 1.14. The zero-order valence-corrected chi connectivity index (χ0v) is 63.8. The van der Waals surface area contributed by atoms with E-state index < -0.39 is 32.5 Å². The van der Waals surface area contributed by atoms with Crippen LogP contribution in [0.3, 0.4) is 0 Å². The molecular formula is C88H142NO8P. The molecule has 0 aliphatic rings. The Bertz CT molecular complexity index is 2410. The van der Waals surface area contributed by atoms with Crippen LogP contribution in [-0.2, 0) is 32.7 Å². The molecule has 98 heavy (non-hydrogen) atoms. The lowest BCUT2D eigenvalue weighted by molar-refractivity contribution is -0.870. The van der Waals surface area contributed by atoms with Gasteiger partial charge in [-0.3, -0.25) is 14.2 Å². The molecule has 0 aromatic heterocycles. The van der Waals surface area contributed by atoms with Gasteiger partial charge in [0.2, 0.25) is 0 Å². The number of nitrogens with zero attached hydrogens (tertiary/aromatic N) is 1. The Morgan fingerprint density at radius 2 is 0.551 bits per heavy atom. The highest BCUT2D eigenvalue weighted by atomic mass is 31.2. The molecule has 0 radical (unpaired) electrons. The maximum Gasteiger partial charge on any atom is 0.306 e. The minimum absolute atomic E-state index is 0.0426. The third kappa shape index (κ3) is 79.6. The number of unbranched alkanes of at least 4 members (excludes halogenated alkanes) is 21. The zero-order chi connectivity index (χ0) is 71.1. The number of phosphoric ester groups is 1. The summed E-state index contributed by atoms with van der Waals surface area (Å²) in [6.45, 7) is 3.99. The van der Waals surface area contributed by atoms with Crippen molar-refractivity contribution in [1.82, 2.24) is 0 Å². The first-order valence-electron chi connectivity index (χ1n) is 38.8. The fourth-order valence-corrected chi connectivity index (χ4v) is 10.7. The molecule has 2 unspecified atom stereocenters. The van der Waals surface area contributed by atoms with Crippen molar-refractivity contribution < 1.29 is 42.1 Å². The van der Waals surface area contributed by atoms with Gasteiger partial charge in [-0.15, -0.1) is 0 Å². The van der Waals surface area contributed by atoms with Crippen LogP contribution in [0.25, 0.3) is 0 Å². The van der Waals surface area contributed by atoms with Gasteiger partial charge in [-0.25, -0.2) is 0 Å². The first kappa shape index (κ1) is 92.6. The average molecular weight is 1370 g/mol. The maximum absolute atomic E-state index is 12.9. The molecule has 0 bridgehead atoms. The Hall–Kier alpha value is -5.41. The number of phosphoric acid groups is 1. The normalized spacial score (nSPS) is 14.2. The Morgan fingerprint density at radius 3 is 0.816 bits per heavy atom. The van der Waals surface area contributed by atoms with Crippen LogP contribution in [0.2, 0.25) is 0 Å². The molecule has 0 aromatic rings. The molecular weight excluding hydrogens is 1230 g/mol. The van der Waals surface area contributed by atoms with Crippen LogP contribution in [0.1, 0.15) is 284 Å². The number of likely N-dealkylation sites (N-methyl/N-ethyl adjacent to an activating group) is 1. The van der Waals surface area contributed by atoms with Gasteiger partial charge in [0.1, 0.15) is 19.8 Å². The van der Waals surface area contributed by atoms with Crippen LogP contribution in [0, 0.1) is 0 Å². The van der Waals surface area contributed by atoms with Crippen LogP contribution in [0.4, 0.5) is 0 Å². The topological polar surface area (TPSA) is 111 Å². The van der Waals surface area contributed by atoms with Crippen molar-refractivity contribution >= 4 is 19.8 Å². The van der Waals surface area contributed by atoms with Gasteiger partial charge >= 0.3 is 11.9 Å². The lowest BCUT2D eigenvalue weighted by atomic mass is 10.0. The highest BCUT2D eigenvalue weighted by Crippen LogP contribution is 2.38. The first-order chi connectivity index (χ1) is 48.0. The zero-order valence-electron chi connectivity index (χ0n) is 62.9. The van der Waals surface area contributed by atoms with E-state index in [1.165, 1.54) is 89.9 Å². The molecule has 0 N–H and O–H groups in total. The predicted molar refractivity (Wildman–Crippen MR) is 424 cm³/mol. The molecule has 0 amide bonds. The molecule has 552 valence electrons. The fourth-order valence-electron chi connectivity index (χ4n) is 9.96. The summed E-state index contributed by atoms with van der Waals surface area (Å²) >= 11 is 0. The third-order valence-corrected chi connectivity index (χ3v) is 16.8. The van der Waals surface area contributed by atoms with E-state index in [2.05, 4.69) is 220 Å². The van der Waals surface area contributed by atoms with E-state index in [1.54, 1.807) is 0 Å². The summed E-state index contributed by atoms with van der Waals surface area (Å²) in [5.41, 5.74) is 0. The Kier molecular flexibility index (Phi) is 71.6. The minimum Gasteiger partial charge on any atom is -0.756 e. The van der Waals surface area contributed by atoms with Gasteiger partial charge < -0.3 is 27.9 Å². The van der Waals surface area contributed by atoms with Crippen LogP contribution >= 0.6 is 7.82 Å². The van der Waals surface area contributed by atoms with Crippen LogP contribution in [-0.4, -0.2) is 70.0 Å². The fraction of sp³-hybridized carbons (Fsp3) is 0.591. The second-order valence-corrected chi connectivity index (χ2v) is 27.7. The number of carbonyl (C=O) groups excluding carboxylic acids is 2. The molecule has 2 atom stereocenters. The van der Waals surface area contributed by atoms with E-state index in [0.29, 0.717) is 17.4 Å². The van der Waals surface area contributed by atoms with Crippen molar-refractivity contribution in [3.63, 3.8) is 0 Å². The van der Waals surface area contributed by atoms with E-state index in [-0.39, 0.29) is 26.1 Å². The molecule has 10 heteroatoms. The van der Waals surface area contributed by atoms with E-state index in [4.69, 9.17) is 18.5 Å². The molecule has 0 saturated heterocycles. The van der Waals surface area contributed by atoms with Crippen molar-refractivity contribution in [2.24, 2.45) is 0 Å². The first-order valence-corrected chi connectivity index (χ1v) is 40.3. The summed E-state index contributed by atoms with van der Waals surface area (Å²) in [4.78, 5) is 38.2. The van der Waals surface area contributed by atoms with Crippen molar-refractivity contribution in [2.45, 2.75) is 290 Å². The standard InChI is InChI=1S/C88H142NO8P/c1-6-8-10-12-14-16-18-20-22-24-26-28-30-32-34-36-38-40-42-43-44-45-47-49-51-53-55-57-59-61-63-65-67-69-71-73-75-77-79-81-88(91)97-86(85-96-98(92,93)95-83-82-89(3,4)5)84-94-87(90)80-78-76-74-72-70-68-66-64-62-60-58-56-54-52-50-48-46-41-39-37-35-33-31-29-27-25-23-21-19-17-15-13-11-9-7-2/h8-11,14-17,20-23,26-29,32-35,38-41,43-44,47-50,53,55,59,61,86H,6-7,12-13,18-19,24-25,30-31,36-37,42,45-46,51-52,54,56-58,60,62-85H2,1-5H3/b10-8-,11-9-,16-14-,17-15-,22-20-,23-21-,28-26-,29-27-,34-32-,35-33-,40-38-,41-39-,44-43-,49-47-,50-48-,55-53-,61-59-. The van der Waals surface area contributed by atoms with Gasteiger partial charge in [-0.2, -0.15) is 0 Å². The number of rotatable bonds is 69. The quantitative estimate of drug-likeness (QED) is 0.0195. The highest BCUT2D eigenvalue weighted by molar-refractivity contribution is 7.45. The van der Waals surface area contributed by atoms with Gasteiger partial charge in [0.15, 0.2) is 6.10 Å². The van der Waals surface area contributed by atoms with Crippen LogP contribution < -0.4 is 4.89 Å². The monoisotopic (exact) mass is 1370 g/mol. The van der Waals surface area contributed by atoms with Gasteiger partial charge in [0.05, 0.1) is 27.7 Å². The van der Waals surface area contributed by atoms with Crippen LogP contribution in [0.5, 0.6) is 0 Å². The number of esters is 2. The predicted octanol–water partition coefficient (Wildman–Crippen LogP) is 25.5. The SMILES string of the molecule is CC/C=C\C/C=C\C/C=C\C/C=C\C/C=C\C/C=C\C/C=C\C/C=C\C/C=C\C/C=C\CCCCCCCCCCC(=O)OC(COC(=O)CCCCCCCCCCCCCCC/C=C\C/C=C\C/C=C\C/C=C\C/C=C\C/C=C\C/C=C\CC)COP(=O)([O-])OCC[N+](C)(C)C. The van der Waals surface area contributed by atoms with Gasteiger partial charge in [-0.1, -0.05) is 330 Å². The van der Waals surface area contributed by atoms with E-state index in [9.17, 15) is 19.0 Å². The molecule has 0 fully saturated rings. The summed E-state index contributed by atoms with van der Waals surface area (Å²) in [6, 6.07) is 0. The molecule has 0 aliphatic heterocycles. The highest BCUT2D eigenvalue weighted by Gasteiger charge is 2.22. The Morgan fingerprint density at radius 1 is 0.316 bits per heavy atom. The van der Waals surface area contributed by atoms with Crippen LogP contribution in [0.15, 0.2) is 207 Å². The molecule has 0 heterocycles. The smallest absolute Gasteiger partial charge is 0.306 e. The van der Waals surface area contributed by atoms with Gasteiger partial charge in [-0.05, 0) is 148 Å². The average Bonchev–Trinajstić information content (AvgIpc) is 1.23. The molecule has 9 nitrogen and oxygen atoms in total. The largest absolute Gasteiger partial charge is 0.756 e. The molecule has 0 aromatic carbocycles. The van der Waals surface area contributed by atoms with E-state index in [1.807, 2.05) is 21.1 Å². The third-order valence-electron chi connectivity index (χ3n) is 15.8. The Labute approximate surface area is 602 Å². The lowest BCUT2D eigenvalue weighted by Gasteiger charge is -2.28. The van der Waals surface area contributed by atoms with Gasteiger partial charge in [0, 0.05) is 12.8 Å². The van der Waals surface area contributed by atoms with Gasteiger partial charge in [0.25, 0.3) is 7.82 Å². The number of quaternary nitrogens is 1. The number of hydrogen-bond donors (Lipinski definition) is 0. The number of allylic oxidation sites excluding steroid dienone is 34. The number of hydrogen-bond acceptors (Lipinski definition) is 8. The second kappa shape index (κ2) is 75.8. The van der Waals surface area contributed by atoms with E-state index >= 15 is 0 Å². The number of ether oxygens (including phenoxy) is 2. The summed E-state index contributed by atoms with van der Waals surface area (Å²) in [5, 5.41) is 0. The van der Waals surface area contributed by atoms with Crippen molar-refractivity contribution in [1.29, 1.82) is 0 Å². The molecule has 0 aliphatic carbocycles.